The molecule has 106 valence electrons. The van der Waals surface area contributed by atoms with Crippen LogP contribution in [0.1, 0.15) is 17.0 Å². The smallest absolute Gasteiger partial charge is 0.122 e. The van der Waals surface area contributed by atoms with Crippen molar-refractivity contribution >= 4 is 0 Å². The Hall–Kier alpha value is -2.00. The molecule has 20 heavy (non-hydrogen) atoms. The van der Waals surface area contributed by atoms with Gasteiger partial charge in [0.15, 0.2) is 0 Å². The molecule has 0 radical (unpaired) electrons. The van der Waals surface area contributed by atoms with E-state index in [4.69, 9.17) is 9.47 Å². The van der Waals surface area contributed by atoms with E-state index in [0.29, 0.717) is 0 Å². The molecule has 0 saturated carbocycles. The number of para-hydroxylation sites is 1. The highest BCUT2D eigenvalue weighted by Crippen LogP contribution is 2.27. The Morgan fingerprint density at radius 2 is 1.65 bits per heavy atom. The zero-order valence-electron chi connectivity index (χ0n) is 11.9. The molecule has 0 bridgehead atoms. The highest BCUT2D eigenvalue weighted by molar-refractivity contribution is 5.36. The molecule has 1 unspecified atom stereocenters. The van der Waals surface area contributed by atoms with Gasteiger partial charge in [0.2, 0.25) is 0 Å². The van der Waals surface area contributed by atoms with Gasteiger partial charge in [0, 0.05) is 5.92 Å². The van der Waals surface area contributed by atoms with Crippen LogP contribution < -0.4 is 9.47 Å². The Kier molecular flexibility index (Phi) is 5.02. The highest BCUT2D eigenvalue weighted by atomic mass is 16.5. The molecule has 2 aromatic rings. The lowest BCUT2D eigenvalue weighted by Crippen LogP contribution is -2.08. The van der Waals surface area contributed by atoms with Gasteiger partial charge in [-0.2, -0.15) is 0 Å². The van der Waals surface area contributed by atoms with Gasteiger partial charge in [-0.3, -0.25) is 0 Å². The Morgan fingerprint density at radius 3 is 2.25 bits per heavy atom. The van der Waals surface area contributed by atoms with Gasteiger partial charge < -0.3 is 14.6 Å². The number of aliphatic hydroxyl groups is 1. The van der Waals surface area contributed by atoms with E-state index in [-0.39, 0.29) is 12.5 Å². The first kappa shape index (κ1) is 14.4. The van der Waals surface area contributed by atoms with Gasteiger partial charge >= 0.3 is 0 Å². The number of methoxy groups -OCH3 is 2. The van der Waals surface area contributed by atoms with Gasteiger partial charge in [0.1, 0.15) is 11.5 Å². The summed E-state index contributed by atoms with van der Waals surface area (Å²) in [5.41, 5.74) is 2.20. The Labute approximate surface area is 119 Å². The second-order valence-corrected chi connectivity index (χ2v) is 4.67. The van der Waals surface area contributed by atoms with E-state index in [9.17, 15) is 5.11 Å². The first-order valence-electron chi connectivity index (χ1n) is 6.65. The molecule has 0 aliphatic heterocycles. The molecule has 0 spiro atoms. The van der Waals surface area contributed by atoms with Crippen molar-refractivity contribution in [2.24, 2.45) is 0 Å². The molecule has 0 saturated heterocycles. The van der Waals surface area contributed by atoms with Crippen LogP contribution in [0.2, 0.25) is 0 Å². The Balaban J connectivity index is 2.19. The normalized spacial score (nSPS) is 11.9. The van der Waals surface area contributed by atoms with Gasteiger partial charge in [0.05, 0.1) is 20.8 Å². The standard InChI is InChI=1S/C17H20O3/c1-19-16-9-7-13(8-10-16)15(12-18)11-14-5-3-4-6-17(14)20-2/h3-10,15,18H,11-12H2,1-2H3. The van der Waals surface area contributed by atoms with Gasteiger partial charge in [-0.1, -0.05) is 30.3 Å². The van der Waals surface area contributed by atoms with Crippen LogP contribution in [0.15, 0.2) is 48.5 Å². The molecular formula is C17H20O3. The molecule has 0 aromatic heterocycles. The van der Waals surface area contributed by atoms with Crippen LogP contribution in [-0.4, -0.2) is 25.9 Å². The molecule has 2 aromatic carbocycles. The predicted octanol–water partition coefficient (Wildman–Crippen LogP) is 3.02. The van der Waals surface area contributed by atoms with Crippen molar-refractivity contribution in [2.75, 3.05) is 20.8 Å². The minimum Gasteiger partial charge on any atom is -0.497 e. The summed E-state index contributed by atoms with van der Waals surface area (Å²) < 4.78 is 10.5. The van der Waals surface area contributed by atoms with E-state index in [2.05, 4.69) is 0 Å². The average molecular weight is 272 g/mol. The third-order valence-electron chi connectivity index (χ3n) is 3.47. The fourth-order valence-electron chi connectivity index (χ4n) is 2.30. The molecule has 0 amide bonds. The number of aliphatic hydroxyl groups excluding tert-OH is 1. The van der Waals surface area contributed by atoms with Crippen LogP contribution in [0.4, 0.5) is 0 Å². The minimum atomic E-state index is 0.0530. The fourth-order valence-corrected chi connectivity index (χ4v) is 2.30. The maximum absolute atomic E-state index is 9.66. The molecule has 0 heterocycles. The Bertz CT molecular complexity index is 534. The number of hydrogen-bond acceptors (Lipinski definition) is 3. The molecule has 1 atom stereocenters. The van der Waals surface area contributed by atoms with Gasteiger partial charge in [-0.25, -0.2) is 0 Å². The monoisotopic (exact) mass is 272 g/mol. The van der Waals surface area contributed by atoms with Crippen molar-refractivity contribution in [3.05, 3.63) is 59.7 Å². The molecule has 0 fully saturated rings. The SMILES string of the molecule is COc1ccc(C(CO)Cc2ccccc2OC)cc1. The summed E-state index contributed by atoms with van der Waals surface area (Å²) in [5, 5.41) is 9.66. The van der Waals surface area contributed by atoms with Gasteiger partial charge in [-0.15, -0.1) is 0 Å². The highest BCUT2D eigenvalue weighted by Gasteiger charge is 2.14. The average Bonchev–Trinajstić information content (AvgIpc) is 2.53. The second kappa shape index (κ2) is 6.96. The largest absolute Gasteiger partial charge is 0.497 e. The van der Waals surface area contributed by atoms with Crippen LogP contribution in [0.25, 0.3) is 0 Å². The first-order valence-corrected chi connectivity index (χ1v) is 6.65. The van der Waals surface area contributed by atoms with Crippen molar-refractivity contribution in [3.63, 3.8) is 0 Å². The van der Waals surface area contributed by atoms with Crippen LogP contribution in [0, 0.1) is 0 Å². The summed E-state index contributed by atoms with van der Waals surface area (Å²) in [7, 11) is 3.31. The molecule has 2 rings (SSSR count). The maximum atomic E-state index is 9.66. The maximum Gasteiger partial charge on any atom is 0.122 e. The van der Waals surface area contributed by atoms with Crippen molar-refractivity contribution in [3.8, 4) is 11.5 Å². The summed E-state index contributed by atoms with van der Waals surface area (Å²) in [6, 6.07) is 15.7. The van der Waals surface area contributed by atoms with Crippen LogP contribution in [0.3, 0.4) is 0 Å². The summed E-state index contributed by atoms with van der Waals surface area (Å²) in [6.45, 7) is 0.102. The van der Waals surface area contributed by atoms with Crippen molar-refractivity contribution < 1.29 is 14.6 Å². The number of hydrogen-bond donors (Lipinski definition) is 1. The minimum absolute atomic E-state index is 0.0530. The van der Waals surface area contributed by atoms with E-state index in [1.807, 2.05) is 48.5 Å². The van der Waals surface area contributed by atoms with Gasteiger partial charge in [0.25, 0.3) is 0 Å². The summed E-state index contributed by atoms with van der Waals surface area (Å²) in [4.78, 5) is 0. The van der Waals surface area contributed by atoms with Crippen molar-refractivity contribution in [2.45, 2.75) is 12.3 Å². The molecule has 0 aliphatic carbocycles. The number of rotatable bonds is 6. The van der Waals surface area contributed by atoms with E-state index in [0.717, 1.165) is 29.0 Å². The van der Waals surface area contributed by atoms with E-state index in [1.54, 1.807) is 14.2 Å². The molecule has 1 N–H and O–H groups in total. The lowest BCUT2D eigenvalue weighted by atomic mass is 9.92. The zero-order chi connectivity index (χ0) is 14.4. The third-order valence-corrected chi connectivity index (χ3v) is 3.47. The molecule has 3 nitrogen and oxygen atoms in total. The lowest BCUT2D eigenvalue weighted by molar-refractivity contribution is 0.263. The number of ether oxygens (including phenoxy) is 2. The third kappa shape index (κ3) is 3.31. The quantitative estimate of drug-likeness (QED) is 0.878. The summed E-state index contributed by atoms with van der Waals surface area (Å²) in [5.74, 6) is 1.74. The zero-order valence-corrected chi connectivity index (χ0v) is 11.9. The first-order chi connectivity index (χ1) is 9.78. The Morgan fingerprint density at radius 1 is 0.950 bits per heavy atom. The van der Waals surface area contributed by atoms with Crippen LogP contribution in [0.5, 0.6) is 11.5 Å². The molecular weight excluding hydrogens is 252 g/mol. The van der Waals surface area contributed by atoms with Crippen LogP contribution >= 0.6 is 0 Å². The summed E-state index contributed by atoms with van der Waals surface area (Å²) >= 11 is 0. The van der Waals surface area contributed by atoms with Crippen molar-refractivity contribution in [1.82, 2.24) is 0 Å². The van der Waals surface area contributed by atoms with E-state index >= 15 is 0 Å². The lowest BCUT2D eigenvalue weighted by Gasteiger charge is -2.17. The van der Waals surface area contributed by atoms with E-state index in [1.165, 1.54) is 0 Å². The predicted molar refractivity (Wildman–Crippen MR) is 79.5 cm³/mol. The second-order valence-electron chi connectivity index (χ2n) is 4.67. The van der Waals surface area contributed by atoms with E-state index < -0.39 is 0 Å². The van der Waals surface area contributed by atoms with Crippen LogP contribution in [-0.2, 0) is 6.42 Å². The topological polar surface area (TPSA) is 38.7 Å². The molecule has 3 heteroatoms. The summed E-state index contributed by atoms with van der Waals surface area (Å²) in [6.07, 6.45) is 0.743. The number of benzene rings is 2. The van der Waals surface area contributed by atoms with Crippen molar-refractivity contribution in [1.29, 1.82) is 0 Å². The molecule has 0 aliphatic rings. The fraction of sp³-hybridized carbons (Fsp3) is 0.294. The van der Waals surface area contributed by atoms with Gasteiger partial charge in [-0.05, 0) is 35.7 Å².